The lowest BCUT2D eigenvalue weighted by molar-refractivity contribution is -0.119. The fourth-order valence-electron chi connectivity index (χ4n) is 8.68. The average molecular weight is 903 g/mol. The molecule has 4 aliphatic heterocycles. The van der Waals surface area contributed by atoms with Crippen LogP contribution in [0.15, 0.2) is 86.0 Å². The third-order valence-electron chi connectivity index (χ3n) is 12.1. The van der Waals surface area contributed by atoms with Gasteiger partial charge in [-0.25, -0.2) is 39.5 Å². The van der Waals surface area contributed by atoms with Gasteiger partial charge in [-0.15, -0.1) is 0 Å². The zero-order valence-electron chi connectivity index (χ0n) is 36.9. The molecule has 0 saturated carbocycles. The number of fused-ring (bicyclic) bond motifs is 4. The summed E-state index contributed by atoms with van der Waals surface area (Å²) in [7, 11) is 0. The van der Waals surface area contributed by atoms with Crippen molar-refractivity contribution >= 4 is 58.0 Å². The number of hydrogen-bond donors (Lipinski definition) is 3. The molecular weight excluding hydrogens is 853 g/mol. The molecule has 8 atom stereocenters. The van der Waals surface area contributed by atoms with E-state index in [4.69, 9.17) is 18.9 Å². The molecule has 66 heavy (non-hydrogen) atoms. The van der Waals surface area contributed by atoms with Gasteiger partial charge in [0.2, 0.25) is 11.8 Å². The molecule has 4 aromatic heterocycles. The lowest BCUT2D eigenvalue weighted by atomic mass is 10.0. The van der Waals surface area contributed by atoms with Gasteiger partial charge in [-0.3, -0.25) is 28.5 Å². The molecule has 0 aliphatic carbocycles. The van der Waals surface area contributed by atoms with Gasteiger partial charge < -0.3 is 34.7 Å². The second-order valence-corrected chi connectivity index (χ2v) is 17.0. The number of amides is 4. The topological polar surface area (TPSA) is 243 Å². The normalized spacial score (nSPS) is 24.4. The second kappa shape index (κ2) is 18.4. The summed E-state index contributed by atoms with van der Waals surface area (Å²) >= 11 is 0. The van der Waals surface area contributed by atoms with E-state index in [-0.39, 0.29) is 48.5 Å². The predicted octanol–water partition coefficient (Wildman–Crippen LogP) is 4.82. The summed E-state index contributed by atoms with van der Waals surface area (Å²) in [6, 6.07) is 18.7. The van der Waals surface area contributed by atoms with Gasteiger partial charge >= 0.3 is 12.2 Å². The van der Waals surface area contributed by atoms with Crippen LogP contribution in [0, 0.1) is 11.8 Å². The van der Waals surface area contributed by atoms with Crippen LogP contribution < -0.4 is 10.6 Å². The minimum absolute atomic E-state index is 0.158. The number of anilines is 2. The first kappa shape index (κ1) is 44.1. The molecule has 2 aromatic carbocycles. The van der Waals surface area contributed by atoms with Crippen molar-refractivity contribution in [2.75, 3.05) is 17.2 Å². The summed E-state index contributed by atoms with van der Waals surface area (Å²) in [6.07, 6.45) is 2.36. The highest BCUT2D eigenvalue weighted by Crippen LogP contribution is 2.43. The number of nitrogens with one attached hydrogen (secondary N) is 2. The largest absolute Gasteiger partial charge is 0.439 e. The number of benzene rings is 2. The Bertz CT molecular complexity index is 2550. The maximum absolute atomic E-state index is 12.8. The number of aliphatic hydroxyl groups is 1. The van der Waals surface area contributed by atoms with Crippen molar-refractivity contribution in [1.29, 1.82) is 0 Å². The number of nitrogens with zero attached hydrogens (tertiary/aromatic N) is 10. The number of hydrogen-bond acceptors (Lipinski definition) is 15. The summed E-state index contributed by atoms with van der Waals surface area (Å²) in [6.45, 7) is 9.71. The van der Waals surface area contributed by atoms with Crippen LogP contribution in [0.2, 0.25) is 0 Å². The molecule has 21 heteroatoms. The first-order valence-electron chi connectivity index (χ1n) is 21.9. The van der Waals surface area contributed by atoms with Gasteiger partial charge in [0, 0.05) is 24.9 Å². The Morgan fingerprint density at radius 2 is 1.06 bits per heavy atom. The number of aromatic nitrogens is 8. The molecule has 10 rings (SSSR count). The van der Waals surface area contributed by atoms with Gasteiger partial charge in [-0.2, -0.15) is 0 Å². The van der Waals surface area contributed by atoms with E-state index in [1.165, 1.54) is 19.0 Å². The highest BCUT2D eigenvalue weighted by atomic mass is 16.6. The van der Waals surface area contributed by atoms with Crippen molar-refractivity contribution in [1.82, 2.24) is 48.8 Å². The molecule has 6 aromatic rings. The highest BCUT2D eigenvalue weighted by Gasteiger charge is 2.58. The van der Waals surface area contributed by atoms with Gasteiger partial charge in [0.05, 0.1) is 25.4 Å². The molecule has 8 heterocycles. The van der Waals surface area contributed by atoms with Gasteiger partial charge in [-0.05, 0) is 17.5 Å². The fraction of sp³-hybridized carbons (Fsp3) is 0.422. The first-order chi connectivity index (χ1) is 31.9. The van der Waals surface area contributed by atoms with Gasteiger partial charge in [-0.1, -0.05) is 95.3 Å². The monoisotopic (exact) mass is 902 g/mol. The Balaban J connectivity index is 0.000000166. The number of imidazole rings is 2. The standard InChI is InChI=1S/C23H26N6O4.C22H24N6O5/c1-4-15-17-18(33-23(31)28(17)10-14-8-6-5-7-9-14)22(32-15)29-12-26-16-19(24-11-25-20(16)29)27-21(30)13(2)3;1-12(2)20(30)26-18-15-19(24-10-23-18)28(11-25-15)21-17-16(14(9-29)32-21)27(22(31)33-17)8-13-6-4-3-5-7-13/h5-9,11-13,15,17-18,22H,4,10H2,1-3H3,(H,24,25,27,30);3-7,10-12,14,16-17,21,29H,8-9H2,1-2H3,(H,23,24,26,30)/t15-,17-,18-,22-;14-,16-,17-,21-/m11/s1. The predicted molar refractivity (Wildman–Crippen MR) is 235 cm³/mol. The Labute approximate surface area is 378 Å². The van der Waals surface area contributed by atoms with Crippen LogP contribution in [0.5, 0.6) is 0 Å². The number of rotatable bonds is 12. The number of carbonyl (C=O) groups excluding carboxylic acids is 4. The van der Waals surface area contributed by atoms with Gasteiger partial charge in [0.25, 0.3) is 0 Å². The third kappa shape index (κ3) is 8.24. The molecular formula is C45H50N12O9. The van der Waals surface area contributed by atoms with Crippen molar-refractivity contribution in [2.24, 2.45) is 11.8 Å². The van der Waals surface area contributed by atoms with Crippen molar-refractivity contribution < 1.29 is 43.2 Å². The quantitative estimate of drug-likeness (QED) is 0.149. The van der Waals surface area contributed by atoms with Crippen molar-refractivity contribution in [3.8, 4) is 0 Å². The zero-order chi connectivity index (χ0) is 46.2. The molecule has 3 N–H and O–H groups in total. The van der Waals surface area contributed by atoms with Crippen LogP contribution in [0.3, 0.4) is 0 Å². The van der Waals surface area contributed by atoms with E-state index >= 15 is 0 Å². The smallest absolute Gasteiger partial charge is 0.411 e. The zero-order valence-corrected chi connectivity index (χ0v) is 36.9. The molecule has 0 bridgehead atoms. The number of aliphatic hydroxyl groups excluding tert-OH is 1. The van der Waals surface area contributed by atoms with Crippen LogP contribution in [0.4, 0.5) is 21.2 Å². The number of carbonyl (C=O) groups is 4. The van der Waals surface area contributed by atoms with E-state index < -0.39 is 42.9 Å². The van der Waals surface area contributed by atoms with Crippen molar-refractivity contribution in [3.05, 3.63) is 97.1 Å². The van der Waals surface area contributed by atoms with Gasteiger partial charge in [0.15, 0.2) is 58.6 Å². The summed E-state index contributed by atoms with van der Waals surface area (Å²) < 4.78 is 27.4. The molecule has 21 nitrogen and oxygen atoms in total. The molecule has 4 amide bonds. The molecule has 4 saturated heterocycles. The van der Waals surface area contributed by atoms with Crippen LogP contribution in [0.25, 0.3) is 22.3 Å². The summed E-state index contributed by atoms with van der Waals surface area (Å²) in [4.78, 5) is 79.0. The second-order valence-electron chi connectivity index (χ2n) is 17.0. The van der Waals surface area contributed by atoms with Crippen molar-refractivity contribution in [3.63, 3.8) is 0 Å². The molecule has 4 fully saturated rings. The van der Waals surface area contributed by atoms with E-state index in [0.29, 0.717) is 47.1 Å². The molecule has 0 radical (unpaired) electrons. The van der Waals surface area contributed by atoms with Crippen LogP contribution in [-0.4, -0.2) is 121 Å². The SMILES string of the molecule is CC(C)C(=O)Nc1ncnc2c1ncn2[C@@H]1O[C@H](CO)[C@@H]2[C@H]1OC(=O)N2Cc1ccccc1.CC[C@H]1O[C@@H](n2cnc3c(NC(=O)C(C)C)ncnc32)[C@@H]2OC(=O)N(Cc3ccccc3)[C@@H]21. The van der Waals surface area contributed by atoms with Crippen LogP contribution in [-0.2, 0) is 41.6 Å². The molecule has 4 aliphatic rings. The Kier molecular flexibility index (Phi) is 12.3. The van der Waals surface area contributed by atoms with E-state index in [9.17, 15) is 24.3 Å². The maximum Gasteiger partial charge on any atom is 0.411 e. The first-order valence-corrected chi connectivity index (χ1v) is 21.9. The Morgan fingerprint density at radius 3 is 1.47 bits per heavy atom. The molecule has 0 spiro atoms. The highest BCUT2D eigenvalue weighted by molar-refractivity contribution is 5.98. The Hall–Kier alpha value is -7.10. The minimum atomic E-state index is -0.745. The van der Waals surface area contributed by atoms with E-state index in [1.54, 1.807) is 53.0 Å². The summed E-state index contributed by atoms with van der Waals surface area (Å²) in [5, 5.41) is 15.5. The van der Waals surface area contributed by atoms with Crippen LogP contribution in [0.1, 0.15) is 64.6 Å². The lowest BCUT2D eigenvalue weighted by Gasteiger charge is -2.24. The van der Waals surface area contributed by atoms with E-state index in [1.807, 2.05) is 67.6 Å². The third-order valence-corrected chi connectivity index (χ3v) is 12.1. The molecule has 0 unspecified atom stereocenters. The number of ether oxygens (including phenoxy) is 4. The van der Waals surface area contributed by atoms with E-state index in [2.05, 4.69) is 40.5 Å². The minimum Gasteiger partial charge on any atom is -0.439 e. The molecule has 344 valence electrons. The lowest BCUT2D eigenvalue weighted by Crippen LogP contribution is -2.42. The van der Waals surface area contributed by atoms with Crippen LogP contribution >= 0.6 is 0 Å². The Morgan fingerprint density at radius 1 is 0.636 bits per heavy atom. The fourth-order valence-corrected chi connectivity index (χ4v) is 8.68. The summed E-state index contributed by atoms with van der Waals surface area (Å²) in [5.74, 6) is -0.143. The average Bonchev–Trinajstić information content (AvgIpc) is 4.18. The van der Waals surface area contributed by atoms with E-state index in [0.717, 1.165) is 17.5 Å². The van der Waals surface area contributed by atoms with Crippen molar-refractivity contribution in [2.45, 2.75) is 103 Å². The summed E-state index contributed by atoms with van der Waals surface area (Å²) in [5.41, 5.74) is 3.74. The van der Waals surface area contributed by atoms with Gasteiger partial charge in [0.1, 0.15) is 30.8 Å². The maximum atomic E-state index is 12.8.